The Kier molecular flexibility index (Phi) is 3.79. The highest BCUT2D eigenvalue weighted by molar-refractivity contribution is 9.09. The van der Waals surface area contributed by atoms with E-state index in [0.717, 1.165) is 12.3 Å². The van der Waals surface area contributed by atoms with Gasteiger partial charge in [0.15, 0.2) is 0 Å². The molecule has 2 heteroatoms. The van der Waals surface area contributed by atoms with Crippen LogP contribution in [0, 0.1) is 11.7 Å². The van der Waals surface area contributed by atoms with Gasteiger partial charge in [0.1, 0.15) is 5.82 Å². The summed E-state index contributed by atoms with van der Waals surface area (Å²) in [6.07, 6.45) is 6.45. The lowest BCUT2D eigenvalue weighted by atomic mass is 9.98. The summed E-state index contributed by atoms with van der Waals surface area (Å²) in [5, 5.41) is 0. The van der Waals surface area contributed by atoms with E-state index in [2.05, 4.69) is 15.9 Å². The molecule has 0 amide bonds. The fourth-order valence-electron chi connectivity index (χ4n) is 2.33. The second-order valence-electron chi connectivity index (χ2n) is 4.39. The average molecular weight is 271 g/mol. The van der Waals surface area contributed by atoms with Crippen LogP contribution in [0.5, 0.6) is 0 Å². The molecule has 1 aromatic carbocycles. The third kappa shape index (κ3) is 3.04. The van der Waals surface area contributed by atoms with Crippen molar-refractivity contribution in [3.05, 3.63) is 35.6 Å². The van der Waals surface area contributed by atoms with Crippen LogP contribution >= 0.6 is 15.9 Å². The monoisotopic (exact) mass is 270 g/mol. The maximum atomic E-state index is 12.7. The highest BCUT2D eigenvalue weighted by atomic mass is 79.9. The highest BCUT2D eigenvalue weighted by Crippen LogP contribution is 2.33. The van der Waals surface area contributed by atoms with Crippen LogP contribution in [0.25, 0.3) is 0 Å². The molecular weight excluding hydrogens is 255 g/mol. The molecule has 1 aromatic rings. The Morgan fingerprint density at radius 1 is 1.20 bits per heavy atom. The quantitative estimate of drug-likeness (QED) is 0.718. The summed E-state index contributed by atoms with van der Waals surface area (Å²) in [6, 6.07) is 6.87. The van der Waals surface area contributed by atoms with Crippen LogP contribution in [0.1, 0.15) is 31.2 Å². The molecule has 2 rings (SSSR count). The van der Waals surface area contributed by atoms with Gasteiger partial charge in [0.2, 0.25) is 0 Å². The van der Waals surface area contributed by atoms with E-state index in [1.807, 2.05) is 12.1 Å². The molecule has 1 aliphatic carbocycles. The minimum atomic E-state index is -0.147. The predicted molar refractivity (Wildman–Crippen MR) is 64.8 cm³/mol. The van der Waals surface area contributed by atoms with E-state index >= 15 is 0 Å². The van der Waals surface area contributed by atoms with Crippen LogP contribution in [0.15, 0.2) is 24.3 Å². The maximum absolute atomic E-state index is 12.7. The van der Waals surface area contributed by atoms with Crippen LogP contribution in [-0.4, -0.2) is 4.83 Å². The van der Waals surface area contributed by atoms with Crippen molar-refractivity contribution >= 4 is 15.9 Å². The molecule has 1 aliphatic rings. The number of hydrogen-bond donors (Lipinski definition) is 0. The average Bonchev–Trinajstić information content (AvgIpc) is 2.74. The van der Waals surface area contributed by atoms with E-state index in [1.165, 1.54) is 31.2 Å². The summed E-state index contributed by atoms with van der Waals surface area (Å²) in [5.74, 6) is 0.667. The molecule has 0 heterocycles. The lowest BCUT2D eigenvalue weighted by molar-refractivity contribution is 0.525. The van der Waals surface area contributed by atoms with Crippen LogP contribution in [0.2, 0.25) is 0 Å². The summed E-state index contributed by atoms with van der Waals surface area (Å²) < 4.78 is 12.7. The van der Waals surface area contributed by atoms with E-state index in [9.17, 15) is 4.39 Å². The van der Waals surface area contributed by atoms with Gasteiger partial charge in [-0.05, 0) is 42.9 Å². The molecule has 1 unspecified atom stereocenters. The molecule has 0 aromatic heterocycles. The Morgan fingerprint density at radius 3 is 2.40 bits per heavy atom. The second kappa shape index (κ2) is 5.11. The molecule has 1 fully saturated rings. The maximum Gasteiger partial charge on any atom is 0.123 e. The molecule has 0 N–H and O–H groups in total. The van der Waals surface area contributed by atoms with Gasteiger partial charge in [0.25, 0.3) is 0 Å². The first-order valence-corrected chi connectivity index (χ1v) is 6.56. The SMILES string of the molecule is Fc1ccc(CC(Br)C2CCCC2)cc1. The van der Waals surface area contributed by atoms with Crippen LogP contribution in [-0.2, 0) is 6.42 Å². The third-order valence-electron chi connectivity index (χ3n) is 3.26. The second-order valence-corrected chi connectivity index (χ2v) is 5.57. The fraction of sp³-hybridized carbons (Fsp3) is 0.538. The van der Waals surface area contributed by atoms with Gasteiger partial charge in [-0.3, -0.25) is 0 Å². The number of halogens is 2. The Bertz CT molecular complexity index is 301. The van der Waals surface area contributed by atoms with Crippen molar-refractivity contribution < 1.29 is 4.39 Å². The summed E-state index contributed by atoms with van der Waals surface area (Å²) in [7, 11) is 0. The minimum absolute atomic E-state index is 0.147. The van der Waals surface area contributed by atoms with E-state index in [4.69, 9.17) is 0 Å². The zero-order valence-electron chi connectivity index (χ0n) is 8.76. The van der Waals surface area contributed by atoms with E-state index in [-0.39, 0.29) is 5.82 Å². The van der Waals surface area contributed by atoms with Crippen LogP contribution in [0.4, 0.5) is 4.39 Å². The zero-order valence-corrected chi connectivity index (χ0v) is 10.3. The first-order valence-electron chi connectivity index (χ1n) is 5.64. The van der Waals surface area contributed by atoms with Crippen molar-refractivity contribution in [2.75, 3.05) is 0 Å². The first-order chi connectivity index (χ1) is 7.25. The van der Waals surface area contributed by atoms with Gasteiger partial charge in [-0.2, -0.15) is 0 Å². The zero-order chi connectivity index (χ0) is 10.7. The molecule has 1 saturated carbocycles. The van der Waals surface area contributed by atoms with Crippen molar-refractivity contribution in [1.82, 2.24) is 0 Å². The summed E-state index contributed by atoms with van der Waals surface area (Å²) in [5.41, 5.74) is 1.23. The Morgan fingerprint density at radius 2 is 1.80 bits per heavy atom. The molecule has 15 heavy (non-hydrogen) atoms. The number of alkyl halides is 1. The van der Waals surface area contributed by atoms with Crippen LogP contribution in [0.3, 0.4) is 0 Å². The van der Waals surface area contributed by atoms with Crippen molar-refractivity contribution in [3.8, 4) is 0 Å². The highest BCUT2D eigenvalue weighted by Gasteiger charge is 2.22. The van der Waals surface area contributed by atoms with Gasteiger partial charge in [-0.25, -0.2) is 4.39 Å². The normalized spacial score (nSPS) is 19.3. The smallest absolute Gasteiger partial charge is 0.123 e. The summed E-state index contributed by atoms with van der Waals surface area (Å²) in [6.45, 7) is 0. The lowest BCUT2D eigenvalue weighted by Crippen LogP contribution is -2.13. The number of benzene rings is 1. The fourth-order valence-corrected chi connectivity index (χ4v) is 3.23. The molecule has 82 valence electrons. The summed E-state index contributed by atoms with van der Waals surface area (Å²) in [4.78, 5) is 0.561. The third-order valence-corrected chi connectivity index (χ3v) is 4.33. The minimum Gasteiger partial charge on any atom is -0.207 e. The topological polar surface area (TPSA) is 0 Å². The summed E-state index contributed by atoms with van der Waals surface area (Å²) >= 11 is 3.77. The van der Waals surface area contributed by atoms with Gasteiger partial charge in [-0.15, -0.1) is 0 Å². The van der Waals surface area contributed by atoms with E-state index in [1.54, 1.807) is 12.1 Å². The molecule has 0 aliphatic heterocycles. The predicted octanol–water partition coefficient (Wildman–Crippen LogP) is 4.32. The molecule has 0 bridgehead atoms. The molecule has 0 saturated heterocycles. The van der Waals surface area contributed by atoms with Crippen molar-refractivity contribution in [2.24, 2.45) is 5.92 Å². The number of hydrogen-bond acceptors (Lipinski definition) is 0. The van der Waals surface area contributed by atoms with Crippen molar-refractivity contribution in [2.45, 2.75) is 36.9 Å². The Balaban J connectivity index is 1.92. The standard InChI is InChI=1S/C13H16BrF/c14-13(11-3-1-2-4-11)9-10-5-7-12(15)8-6-10/h5-8,11,13H,1-4,9H2. The van der Waals surface area contributed by atoms with Gasteiger partial charge in [-0.1, -0.05) is 40.9 Å². The van der Waals surface area contributed by atoms with Crippen molar-refractivity contribution in [3.63, 3.8) is 0 Å². The van der Waals surface area contributed by atoms with Gasteiger partial charge in [0, 0.05) is 4.83 Å². The van der Waals surface area contributed by atoms with Gasteiger partial charge in [0.05, 0.1) is 0 Å². The number of rotatable bonds is 3. The molecule has 0 spiro atoms. The largest absolute Gasteiger partial charge is 0.207 e. The molecule has 0 radical (unpaired) electrons. The molecule has 1 atom stereocenters. The molecular formula is C13H16BrF. The van der Waals surface area contributed by atoms with E-state index in [0.29, 0.717) is 4.83 Å². The van der Waals surface area contributed by atoms with Gasteiger partial charge < -0.3 is 0 Å². The Hall–Kier alpha value is -0.370. The molecule has 0 nitrogen and oxygen atoms in total. The lowest BCUT2D eigenvalue weighted by Gasteiger charge is -2.16. The van der Waals surface area contributed by atoms with Crippen LogP contribution < -0.4 is 0 Å². The van der Waals surface area contributed by atoms with Crippen molar-refractivity contribution in [1.29, 1.82) is 0 Å². The van der Waals surface area contributed by atoms with E-state index < -0.39 is 0 Å². The Labute approximate surface area is 99.0 Å². The van der Waals surface area contributed by atoms with Gasteiger partial charge >= 0.3 is 0 Å². The first kappa shape index (κ1) is 11.1.